The third-order valence-corrected chi connectivity index (χ3v) is 11.0. The van der Waals surface area contributed by atoms with Gasteiger partial charge in [-0.05, 0) is 30.2 Å². The molecular formula is C48H32F16O2S2. The molecule has 0 fully saturated rings. The Kier molecular flexibility index (Phi) is 17.8. The zero-order chi connectivity index (χ0) is 52.6. The molecule has 0 aliphatic heterocycles. The molecule has 0 aliphatic carbocycles. The number of hydrogen-bond acceptors (Lipinski definition) is 4. The highest BCUT2D eigenvalue weighted by molar-refractivity contribution is 7.99. The maximum absolute atomic E-state index is 15.3. The minimum absolute atomic E-state index is 0.223. The zero-order valence-electron chi connectivity index (χ0n) is 37.6. The summed E-state index contributed by atoms with van der Waals surface area (Å²) < 4.78 is 250. The first-order valence-corrected chi connectivity index (χ1v) is 21.0. The molecule has 0 aliphatic rings. The lowest BCUT2D eigenvalue weighted by Crippen LogP contribution is -2.05. The van der Waals surface area contributed by atoms with E-state index in [2.05, 4.69) is 0 Å². The van der Waals surface area contributed by atoms with Gasteiger partial charge < -0.3 is 9.47 Å². The summed E-state index contributed by atoms with van der Waals surface area (Å²) in [6.45, 7) is 8.72. The number of benzene rings is 7. The Morgan fingerprint density at radius 3 is 1.03 bits per heavy atom. The van der Waals surface area contributed by atoms with E-state index in [9.17, 15) is 52.7 Å². The monoisotopic (exact) mass is 1010 g/mol. The topological polar surface area (TPSA) is 18.5 Å². The molecule has 0 bridgehead atoms. The molecule has 68 heavy (non-hydrogen) atoms. The van der Waals surface area contributed by atoms with Crippen molar-refractivity contribution in [3.05, 3.63) is 184 Å². The van der Waals surface area contributed by atoms with Crippen LogP contribution >= 0.6 is 23.5 Å². The fraction of sp³-hybridized carbons (Fsp3) is 0.125. The summed E-state index contributed by atoms with van der Waals surface area (Å²) >= 11 is -1.21. The van der Waals surface area contributed by atoms with Crippen molar-refractivity contribution in [2.45, 2.75) is 54.2 Å². The van der Waals surface area contributed by atoms with Crippen LogP contribution < -0.4 is 9.47 Å². The second kappa shape index (κ2) is 23.6. The third-order valence-electron chi connectivity index (χ3n) is 8.72. The second-order valence-corrected chi connectivity index (χ2v) is 14.7. The van der Waals surface area contributed by atoms with Crippen LogP contribution in [0.3, 0.4) is 0 Å². The van der Waals surface area contributed by atoms with Crippen molar-refractivity contribution in [2.24, 2.45) is 0 Å². The summed E-state index contributed by atoms with van der Waals surface area (Å²) in [7, 11) is 1.40. The standard InChI is InChI=1S/C31H16F8O2S.C13H4F8S.2C2H6/c1-40-21-12-18(16-10-6-3-7-11-16)22(13-17(21)15-8-4-2-5-9-15)41-29-25(36)27(38)31(28(39)26(29)37)42-30-23(34)19(32)14-20(33)24(30)35;1-3-6(16)10(20)13(11(21)7(3)17)22-12-8(18)4(14)2-5(15)9(12)19;2*1-2/h2-14H,1H3;2H,1H3;2*1-2H3/i14D;2D;;. The fourth-order valence-electron chi connectivity index (χ4n) is 5.58. The molecule has 0 amide bonds. The summed E-state index contributed by atoms with van der Waals surface area (Å²) in [4.78, 5) is -6.37. The molecule has 0 atom stereocenters. The summed E-state index contributed by atoms with van der Waals surface area (Å²) in [6, 6.07) is 16.3. The Hall–Kier alpha value is -6.28. The molecule has 7 aromatic rings. The van der Waals surface area contributed by atoms with E-state index >= 15 is 17.6 Å². The van der Waals surface area contributed by atoms with E-state index in [1.54, 1.807) is 60.7 Å². The van der Waals surface area contributed by atoms with Gasteiger partial charge in [0.1, 0.15) is 11.5 Å². The molecule has 0 N–H and O–H groups in total. The van der Waals surface area contributed by atoms with E-state index in [0.717, 1.165) is 6.92 Å². The molecule has 360 valence electrons. The lowest BCUT2D eigenvalue weighted by molar-refractivity contribution is 0.353. The van der Waals surface area contributed by atoms with Crippen LogP contribution in [-0.2, 0) is 0 Å². The van der Waals surface area contributed by atoms with Crippen molar-refractivity contribution in [1.29, 1.82) is 0 Å². The summed E-state index contributed by atoms with van der Waals surface area (Å²) in [5.74, 6) is -34.6. The first-order chi connectivity index (χ1) is 33.1. The van der Waals surface area contributed by atoms with Gasteiger partial charge in [-0.2, -0.15) is 8.78 Å². The smallest absolute Gasteiger partial charge is 0.205 e. The molecule has 2 nitrogen and oxygen atoms in total. The summed E-state index contributed by atoms with van der Waals surface area (Å²) in [5, 5.41) is 0. The van der Waals surface area contributed by atoms with Crippen molar-refractivity contribution in [2.75, 3.05) is 7.11 Å². The average Bonchev–Trinajstić information content (AvgIpc) is 3.39. The largest absolute Gasteiger partial charge is 0.496 e. The fourth-order valence-corrected chi connectivity index (χ4v) is 7.42. The second-order valence-electron chi connectivity index (χ2n) is 12.6. The molecule has 0 heterocycles. The van der Waals surface area contributed by atoms with Gasteiger partial charge >= 0.3 is 0 Å². The predicted molar refractivity (Wildman–Crippen MR) is 225 cm³/mol. The van der Waals surface area contributed by atoms with Crippen molar-refractivity contribution in [3.63, 3.8) is 0 Å². The molecule has 7 rings (SSSR count). The molecular weight excluding hydrogens is 977 g/mol. The van der Waals surface area contributed by atoms with Gasteiger partial charge in [0.15, 0.2) is 81.4 Å². The third kappa shape index (κ3) is 11.2. The van der Waals surface area contributed by atoms with Gasteiger partial charge in [0, 0.05) is 28.8 Å². The lowest BCUT2D eigenvalue weighted by atomic mass is 9.98. The van der Waals surface area contributed by atoms with Crippen molar-refractivity contribution in [1.82, 2.24) is 0 Å². The van der Waals surface area contributed by atoms with Crippen LogP contribution in [0.2, 0.25) is 0 Å². The number of ether oxygens (including phenoxy) is 2. The Balaban J connectivity index is 0.000000333. The van der Waals surface area contributed by atoms with Crippen LogP contribution in [0.5, 0.6) is 17.2 Å². The lowest BCUT2D eigenvalue weighted by Gasteiger charge is -2.18. The number of halogens is 16. The van der Waals surface area contributed by atoms with Crippen LogP contribution in [-0.4, -0.2) is 7.11 Å². The molecule has 20 heteroatoms. The van der Waals surface area contributed by atoms with Crippen LogP contribution in [0.4, 0.5) is 70.2 Å². The Bertz CT molecular complexity index is 2870. The predicted octanol–water partition coefficient (Wildman–Crippen LogP) is 17.4. The van der Waals surface area contributed by atoms with Gasteiger partial charge in [0.05, 0.1) is 29.4 Å². The summed E-state index contributed by atoms with van der Waals surface area (Å²) in [6.07, 6.45) is 0. The molecule has 0 saturated carbocycles. The molecule has 0 spiro atoms. The highest BCUT2D eigenvalue weighted by Crippen LogP contribution is 2.46. The van der Waals surface area contributed by atoms with Crippen LogP contribution in [0.1, 0.15) is 36.0 Å². The number of rotatable bonds is 9. The van der Waals surface area contributed by atoms with Gasteiger partial charge in [-0.25, -0.2) is 61.5 Å². The van der Waals surface area contributed by atoms with E-state index in [4.69, 9.17) is 12.2 Å². The van der Waals surface area contributed by atoms with Crippen LogP contribution in [0.25, 0.3) is 22.3 Å². The molecule has 7 aromatic carbocycles. The van der Waals surface area contributed by atoms with E-state index in [-0.39, 0.29) is 11.3 Å². The van der Waals surface area contributed by atoms with Gasteiger partial charge in [0.2, 0.25) is 17.4 Å². The first kappa shape index (κ1) is 51.1. The van der Waals surface area contributed by atoms with Crippen molar-refractivity contribution in [3.8, 4) is 39.5 Å². The highest BCUT2D eigenvalue weighted by atomic mass is 32.2. The van der Waals surface area contributed by atoms with Crippen LogP contribution in [0.15, 0.2) is 104 Å². The van der Waals surface area contributed by atoms with E-state index < -0.39 is 160 Å². The van der Waals surface area contributed by atoms with E-state index in [1.165, 1.54) is 19.2 Å². The van der Waals surface area contributed by atoms with E-state index in [1.807, 2.05) is 27.7 Å². The maximum atomic E-state index is 15.3. The van der Waals surface area contributed by atoms with Crippen molar-refractivity contribution >= 4 is 23.5 Å². The van der Waals surface area contributed by atoms with Crippen LogP contribution in [0, 0.1) is 100.0 Å². The summed E-state index contributed by atoms with van der Waals surface area (Å²) in [5.41, 5.74) is 0.706. The Morgan fingerprint density at radius 2 is 0.691 bits per heavy atom. The molecule has 0 unspecified atom stereocenters. The van der Waals surface area contributed by atoms with Gasteiger partial charge in [-0.1, -0.05) is 112 Å². The molecule has 0 aromatic heterocycles. The van der Waals surface area contributed by atoms with Gasteiger partial charge in [0.25, 0.3) is 0 Å². The minimum atomic E-state index is -2.17. The van der Waals surface area contributed by atoms with E-state index in [0.29, 0.717) is 22.4 Å². The normalized spacial score (nSPS) is 11.0. The quantitative estimate of drug-likeness (QED) is 0.106. The SMILES string of the molecule is CC.CC.[2H]c1c(F)c(F)c(Sc2c(F)c(F)c(C)c(F)c2F)c(F)c1F.[2H]c1c(F)c(F)c(Sc2c(F)c(F)c(Oc3cc(-c4ccccc4)c(OC)cc3-c3ccccc3)c(F)c2F)c(F)c1F. The van der Waals surface area contributed by atoms with Gasteiger partial charge in [-0.15, -0.1) is 0 Å². The molecule has 0 saturated heterocycles. The highest BCUT2D eigenvalue weighted by Gasteiger charge is 2.32. The zero-order valence-corrected chi connectivity index (χ0v) is 37.2. The van der Waals surface area contributed by atoms with Crippen molar-refractivity contribution < 1.29 is 82.5 Å². The maximum Gasteiger partial charge on any atom is 0.205 e. The Labute approximate surface area is 389 Å². The Morgan fingerprint density at radius 1 is 0.397 bits per heavy atom. The first-order valence-electron chi connectivity index (χ1n) is 20.3. The molecule has 0 radical (unpaired) electrons. The minimum Gasteiger partial charge on any atom is -0.496 e. The number of methoxy groups -OCH3 is 1. The average molecular weight is 1010 g/mol. The van der Waals surface area contributed by atoms with Gasteiger partial charge in [-0.3, -0.25) is 0 Å². The number of hydrogen-bond donors (Lipinski definition) is 0.